The van der Waals surface area contributed by atoms with Crippen LogP contribution in [0.15, 0.2) is 12.1 Å². The van der Waals surface area contributed by atoms with Gasteiger partial charge in [-0.05, 0) is 34.7 Å². The fourth-order valence-electron chi connectivity index (χ4n) is 0.679. The van der Waals surface area contributed by atoms with E-state index in [9.17, 15) is 0 Å². The van der Waals surface area contributed by atoms with Crippen LogP contribution in [-0.4, -0.2) is 0 Å². The Bertz CT molecular complexity index is 330. The molecule has 56 valence electrons. The summed E-state index contributed by atoms with van der Waals surface area (Å²) in [4.78, 5) is 0. The minimum absolute atomic E-state index is 0.360. The average molecular weight is 278 g/mol. The van der Waals surface area contributed by atoms with E-state index in [1.54, 1.807) is 12.1 Å². The maximum Gasteiger partial charge on any atom is 0.103 e. The van der Waals surface area contributed by atoms with Crippen molar-refractivity contribution in [3.05, 3.63) is 26.3 Å². The summed E-state index contributed by atoms with van der Waals surface area (Å²) in [5, 5.41) is 9.04. The van der Waals surface area contributed by atoms with Gasteiger partial charge < -0.3 is 5.73 Å². The zero-order valence-electron chi connectivity index (χ0n) is 5.44. The number of halogens is 2. The zero-order valence-corrected chi connectivity index (χ0v) is 8.35. The summed E-state index contributed by atoms with van der Waals surface area (Å²) in [6.07, 6.45) is 0. The highest BCUT2D eigenvalue weighted by atomic mass is 127. The molecule has 0 heterocycles. The lowest BCUT2D eigenvalue weighted by Gasteiger charge is -2.00. The van der Waals surface area contributed by atoms with Crippen LogP contribution < -0.4 is 5.73 Å². The Kier molecular flexibility index (Phi) is 2.58. The largest absolute Gasteiger partial charge is 0.398 e. The van der Waals surface area contributed by atoms with Gasteiger partial charge in [-0.25, -0.2) is 0 Å². The van der Waals surface area contributed by atoms with Gasteiger partial charge in [0.25, 0.3) is 0 Å². The van der Waals surface area contributed by atoms with Gasteiger partial charge in [-0.1, -0.05) is 11.6 Å². The molecule has 0 aliphatic rings. The van der Waals surface area contributed by atoms with Crippen LogP contribution in [0.3, 0.4) is 0 Å². The van der Waals surface area contributed by atoms with Crippen molar-refractivity contribution in [3.8, 4) is 6.07 Å². The summed E-state index contributed by atoms with van der Waals surface area (Å²) in [6, 6.07) is 5.39. The molecule has 0 aromatic heterocycles. The highest BCUT2D eigenvalue weighted by molar-refractivity contribution is 14.1. The van der Waals surface area contributed by atoms with Crippen molar-refractivity contribution in [1.29, 1.82) is 5.26 Å². The van der Waals surface area contributed by atoms with Gasteiger partial charge in [-0.15, -0.1) is 0 Å². The summed E-state index contributed by atoms with van der Waals surface area (Å²) in [7, 11) is 0. The third kappa shape index (κ3) is 1.57. The Morgan fingerprint density at radius 2 is 2.18 bits per heavy atom. The Balaban J connectivity index is 3.44. The molecule has 0 amide bonds. The number of rotatable bonds is 0. The number of nitrogens with zero attached hydrogens (tertiary/aromatic N) is 1. The summed E-state index contributed by atoms with van der Waals surface area (Å²) >= 11 is 7.84. The first-order valence-corrected chi connectivity index (χ1v) is 4.26. The summed E-state index contributed by atoms with van der Waals surface area (Å²) in [5.41, 5.74) is 6.28. The van der Waals surface area contributed by atoms with Gasteiger partial charge in [0.15, 0.2) is 0 Å². The van der Waals surface area contributed by atoms with Crippen molar-refractivity contribution in [2.75, 3.05) is 5.73 Å². The lowest BCUT2D eigenvalue weighted by molar-refractivity contribution is 1.47. The number of hydrogen-bond acceptors (Lipinski definition) is 2. The number of benzene rings is 1. The van der Waals surface area contributed by atoms with Crippen LogP contribution in [0.4, 0.5) is 5.69 Å². The van der Waals surface area contributed by atoms with Crippen molar-refractivity contribution >= 4 is 39.9 Å². The molecule has 0 unspecified atom stereocenters. The van der Waals surface area contributed by atoms with Gasteiger partial charge in [-0.2, -0.15) is 5.26 Å². The molecule has 4 heteroatoms. The molecule has 1 aromatic rings. The number of hydrogen-bond donors (Lipinski definition) is 1. The van der Waals surface area contributed by atoms with Crippen molar-refractivity contribution in [2.24, 2.45) is 0 Å². The van der Waals surface area contributed by atoms with Gasteiger partial charge in [0, 0.05) is 3.57 Å². The Hall–Kier alpha value is -0.470. The fraction of sp³-hybridized carbons (Fsp3) is 0. The second-order valence-electron chi connectivity index (χ2n) is 1.94. The summed E-state index contributed by atoms with van der Waals surface area (Å²) < 4.78 is 0.843. The van der Waals surface area contributed by atoms with Gasteiger partial charge >= 0.3 is 0 Å². The molecular formula is C7H4ClIN2. The maximum atomic E-state index is 8.61. The molecule has 0 spiro atoms. The molecule has 1 aromatic carbocycles. The maximum absolute atomic E-state index is 8.61. The molecule has 0 fully saturated rings. The zero-order chi connectivity index (χ0) is 8.43. The van der Waals surface area contributed by atoms with Crippen LogP contribution in [-0.2, 0) is 0 Å². The molecule has 11 heavy (non-hydrogen) atoms. The predicted molar refractivity (Wildman–Crippen MR) is 53.3 cm³/mol. The van der Waals surface area contributed by atoms with Gasteiger partial charge in [0.2, 0.25) is 0 Å². The van der Waals surface area contributed by atoms with E-state index >= 15 is 0 Å². The molecule has 0 atom stereocenters. The molecule has 0 aliphatic carbocycles. The third-order valence-corrected chi connectivity index (χ3v) is 2.85. The third-order valence-electron chi connectivity index (χ3n) is 1.24. The average Bonchev–Trinajstić information content (AvgIpc) is 1.99. The molecule has 0 radical (unpaired) electrons. The van der Waals surface area contributed by atoms with Crippen molar-refractivity contribution < 1.29 is 0 Å². The highest BCUT2D eigenvalue weighted by Gasteiger charge is 2.06. The number of nitrogen functional groups attached to an aromatic ring is 1. The van der Waals surface area contributed by atoms with E-state index in [4.69, 9.17) is 22.6 Å². The minimum atomic E-state index is 0.360. The van der Waals surface area contributed by atoms with E-state index in [-0.39, 0.29) is 0 Å². The van der Waals surface area contributed by atoms with Crippen LogP contribution in [0.1, 0.15) is 5.56 Å². The number of anilines is 1. The Morgan fingerprint density at radius 1 is 1.55 bits per heavy atom. The molecule has 0 bridgehead atoms. The second-order valence-corrected chi connectivity index (χ2v) is 3.48. The van der Waals surface area contributed by atoms with Crippen LogP contribution in [0.5, 0.6) is 0 Å². The number of nitriles is 1. The van der Waals surface area contributed by atoms with Crippen molar-refractivity contribution in [2.45, 2.75) is 0 Å². The Morgan fingerprint density at radius 3 is 2.64 bits per heavy atom. The molecule has 0 saturated heterocycles. The van der Waals surface area contributed by atoms with Crippen molar-refractivity contribution in [3.63, 3.8) is 0 Å². The van der Waals surface area contributed by atoms with E-state index in [0.717, 1.165) is 3.57 Å². The monoisotopic (exact) mass is 278 g/mol. The topological polar surface area (TPSA) is 49.8 Å². The quantitative estimate of drug-likeness (QED) is 0.585. The normalized spacial score (nSPS) is 9.18. The molecule has 0 aliphatic heterocycles. The van der Waals surface area contributed by atoms with Gasteiger partial charge in [0.05, 0.1) is 16.3 Å². The van der Waals surface area contributed by atoms with Crippen molar-refractivity contribution in [1.82, 2.24) is 0 Å². The van der Waals surface area contributed by atoms with E-state index in [2.05, 4.69) is 22.6 Å². The molecule has 1 rings (SSSR count). The van der Waals surface area contributed by atoms with E-state index < -0.39 is 0 Å². The molecule has 2 N–H and O–H groups in total. The number of nitrogens with two attached hydrogens (primary N) is 1. The van der Waals surface area contributed by atoms with E-state index in [0.29, 0.717) is 16.3 Å². The molecular weight excluding hydrogens is 274 g/mol. The van der Waals surface area contributed by atoms with E-state index in [1.807, 2.05) is 6.07 Å². The standard InChI is InChI=1S/C7H4ClIN2/c8-7-4(3-10)6(11)2-1-5(7)9/h1-2H,11H2. The SMILES string of the molecule is N#Cc1c(N)ccc(I)c1Cl. The molecule has 2 nitrogen and oxygen atoms in total. The lowest BCUT2D eigenvalue weighted by atomic mass is 10.2. The van der Waals surface area contributed by atoms with E-state index in [1.165, 1.54) is 0 Å². The van der Waals surface area contributed by atoms with Gasteiger partial charge in [0.1, 0.15) is 6.07 Å². The first-order chi connectivity index (χ1) is 5.16. The van der Waals surface area contributed by atoms with Crippen LogP contribution in [0.2, 0.25) is 5.02 Å². The highest BCUT2D eigenvalue weighted by Crippen LogP contribution is 2.26. The smallest absolute Gasteiger partial charge is 0.103 e. The Labute approximate surface area is 83.1 Å². The first kappa shape index (κ1) is 8.62. The van der Waals surface area contributed by atoms with Crippen LogP contribution in [0, 0.1) is 14.9 Å². The second kappa shape index (κ2) is 3.28. The predicted octanol–water partition coefficient (Wildman–Crippen LogP) is 2.40. The minimum Gasteiger partial charge on any atom is -0.398 e. The molecule has 0 saturated carbocycles. The first-order valence-electron chi connectivity index (χ1n) is 2.80. The van der Waals surface area contributed by atoms with Gasteiger partial charge in [-0.3, -0.25) is 0 Å². The fourth-order valence-corrected chi connectivity index (χ4v) is 1.34. The van der Waals surface area contributed by atoms with Crippen LogP contribution >= 0.6 is 34.2 Å². The van der Waals surface area contributed by atoms with Crippen LogP contribution in [0.25, 0.3) is 0 Å². The summed E-state index contributed by atoms with van der Waals surface area (Å²) in [6.45, 7) is 0. The summed E-state index contributed by atoms with van der Waals surface area (Å²) in [5.74, 6) is 0. The lowest BCUT2D eigenvalue weighted by Crippen LogP contribution is -1.92.